The highest BCUT2D eigenvalue weighted by molar-refractivity contribution is 5.91. The average molecular weight is 294 g/mol. The Hall–Kier alpha value is -2.11. The van der Waals surface area contributed by atoms with Gasteiger partial charge >= 0.3 is 12.0 Å². The highest BCUT2D eigenvalue weighted by Gasteiger charge is 2.22. The Balaban J connectivity index is 1.93. The summed E-state index contributed by atoms with van der Waals surface area (Å²) in [6.07, 6.45) is 4.62. The molecule has 0 heterocycles. The first-order chi connectivity index (χ1) is 9.97. The molecule has 3 N–H and O–H groups in total. The second-order valence-electron chi connectivity index (χ2n) is 5.43. The number of amides is 2. The summed E-state index contributed by atoms with van der Waals surface area (Å²) in [5.74, 6) is -1.72. The van der Waals surface area contributed by atoms with Gasteiger partial charge < -0.3 is 15.7 Å². The van der Waals surface area contributed by atoms with Gasteiger partial charge in [-0.1, -0.05) is 12.8 Å². The van der Waals surface area contributed by atoms with E-state index in [1.54, 1.807) is 0 Å². The third-order valence-electron chi connectivity index (χ3n) is 3.92. The summed E-state index contributed by atoms with van der Waals surface area (Å²) in [4.78, 5) is 22.6. The molecule has 2 amide bonds. The number of hydrogen-bond donors (Lipinski definition) is 3. The average Bonchev–Trinajstić information content (AvgIpc) is 2.91. The zero-order valence-corrected chi connectivity index (χ0v) is 11.9. The van der Waals surface area contributed by atoms with E-state index in [0.717, 1.165) is 25.0 Å². The van der Waals surface area contributed by atoms with Crippen LogP contribution in [0.15, 0.2) is 18.2 Å². The number of benzene rings is 1. The molecule has 0 spiro atoms. The molecule has 0 radical (unpaired) electrons. The highest BCUT2D eigenvalue weighted by Crippen LogP contribution is 2.27. The molecule has 1 aromatic carbocycles. The Morgan fingerprint density at radius 1 is 1.33 bits per heavy atom. The van der Waals surface area contributed by atoms with E-state index in [-0.39, 0.29) is 11.7 Å². The van der Waals surface area contributed by atoms with E-state index in [4.69, 9.17) is 5.11 Å². The van der Waals surface area contributed by atoms with Crippen LogP contribution >= 0.6 is 0 Å². The van der Waals surface area contributed by atoms with E-state index in [1.807, 2.05) is 6.92 Å². The SMILES string of the molecule is CC(NC(=O)Nc1ccc(C(=O)O)c(F)c1)C1CCCC1. The van der Waals surface area contributed by atoms with Crippen LogP contribution < -0.4 is 10.6 Å². The maximum absolute atomic E-state index is 13.5. The molecule has 0 aromatic heterocycles. The van der Waals surface area contributed by atoms with Crippen LogP contribution in [0.1, 0.15) is 43.0 Å². The molecule has 6 heteroatoms. The molecular weight excluding hydrogens is 275 g/mol. The van der Waals surface area contributed by atoms with Gasteiger partial charge in [-0.2, -0.15) is 0 Å². The van der Waals surface area contributed by atoms with E-state index < -0.39 is 23.4 Å². The number of carbonyl (C=O) groups excluding carboxylic acids is 1. The van der Waals surface area contributed by atoms with Crippen LogP contribution in [0.2, 0.25) is 0 Å². The molecule has 1 aromatic rings. The summed E-state index contributed by atoms with van der Waals surface area (Å²) in [6.45, 7) is 1.96. The first-order valence-corrected chi connectivity index (χ1v) is 7.07. The van der Waals surface area contributed by atoms with Gasteiger partial charge in [-0.3, -0.25) is 0 Å². The molecule has 0 aliphatic heterocycles. The number of carbonyl (C=O) groups is 2. The maximum atomic E-state index is 13.5. The van der Waals surface area contributed by atoms with Crippen LogP contribution in [0.5, 0.6) is 0 Å². The van der Waals surface area contributed by atoms with Crippen molar-refractivity contribution in [2.75, 3.05) is 5.32 Å². The van der Waals surface area contributed by atoms with Crippen molar-refractivity contribution in [3.05, 3.63) is 29.6 Å². The summed E-state index contributed by atoms with van der Waals surface area (Å²) >= 11 is 0. The molecule has 0 bridgehead atoms. The van der Waals surface area contributed by atoms with Crippen LogP contribution in [0.25, 0.3) is 0 Å². The number of nitrogens with one attached hydrogen (secondary N) is 2. The van der Waals surface area contributed by atoms with Crippen molar-refractivity contribution in [3.63, 3.8) is 0 Å². The topological polar surface area (TPSA) is 78.4 Å². The molecule has 1 unspecified atom stereocenters. The zero-order valence-electron chi connectivity index (χ0n) is 11.9. The smallest absolute Gasteiger partial charge is 0.338 e. The fraction of sp³-hybridized carbons (Fsp3) is 0.467. The standard InChI is InChI=1S/C15H19FN2O3/c1-9(10-4-2-3-5-10)17-15(21)18-11-6-7-12(14(19)20)13(16)8-11/h6-10H,2-5H2,1H3,(H,19,20)(H2,17,18,21). The molecular formula is C15H19FN2O3. The molecule has 1 aliphatic carbocycles. The van der Waals surface area contributed by atoms with Crippen LogP contribution in [0.3, 0.4) is 0 Å². The zero-order chi connectivity index (χ0) is 15.4. The van der Waals surface area contributed by atoms with Gasteiger partial charge in [-0.15, -0.1) is 0 Å². The van der Waals surface area contributed by atoms with Gasteiger partial charge in [0.25, 0.3) is 0 Å². The van der Waals surface area contributed by atoms with Crippen LogP contribution in [-0.2, 0) is 0 Å². The van der Waals surface area contributed by atoms with E-state index in [9.17, 15) is 14.0 Å². The van der Waals surface area contributed by atoms with Gasteiger partial charge in [0.05, 0.1) is 5.56 Å². The minimum Gasteiger partial charge on any atom is -0.478 e. The Morgan fingerprint density at radius 3 is 2.57 bits per heavy atom. The molecule has 1 fully saturated rings. The summed E-state index contributed by atoms with van der Waals surface area (Å²) in [7, 11) is 0. The van der Waals surface area contributed by atoms with Crippen molar-refractivity contribution >= 4 is 17.7 Å². The van der Waals surface area contributed by atoms with E-state index in [1.165, 1.54) is 18.9 Å². The third-order valence-corrected chi connectivity index (χ3v) is 3.92. The summed E-state index contributed by atoms with van der Waals surface area (Å²) in [6, 6.07) is 3.16. The van der Waals surface area contributed by atoms with Gasteiger partial charge in [0.1, 0.15) is 5.82 Å². The summed E-state index contributed by atoms with van der Waals surface area (Å²) < 4.78 is 13.5. The van der Waals surface area contributed by atoms with Crippen LogP contribution in [0.4, 0.5) is 14.9 Å². The van der Waals surface area contributed by atoms with Crippen molar-refractivity contribution in [2.45, 2.75) is 38.6 Å². The number of anilines is 1. The third kappa shape index (κ3) is 3.93. The molecule has 1 aliphatic rings. The lowest BCUT2D eigenvalue weighted by atomic mass is 10.0. The Bertz CT molecular complexity index is 542. The number of urea groups is 1. The lowest BCUT2D eigenvalue weighted by Crippen LogP contribution is -2.39. The fourth-order valence-corrected chi connectivity index (χ4v) is 2.72. The Morgan fingerprint density at radius 2 is 2.00 bits per heavy atom. The minimum atomic E-state index is -1.33. The Kier molecular flexibility index (Phi) is 4.77. The van der Waals surface area contributed by atoms with Gasteiger partial charge in [-0.05, 0) is 43.9 Å². The second-order valence-corrected chi connectivity index (χ2v) is 5.43. The molecule has 1 atom stereocenters. The van der Waals surface area contributed by atoms with Crippen molar-refractivity contribution in [1.82, 2.24) is 5.32 Å². The van der Waals surface area contributed by atoms with Gasteiger partial charge in [-0.25, -0.2) is 14.0 Å². The second kappa shape index (κ2) is 6.56. The number of hydrogen-bond acceptors (Lipinski definition) is 2. The van der Waals surface area contributed by atoms with Gasteiger partial charge in [0, 0.05) is 11.7 Å². The summed E-state index contributed by atoms with van der Waals surface area (Å²) in [5.41, 5.74) is -0.186. The van der Waals surface area contributed by atoms with Gasteiger partial charge in [0.2, 0.25) is 0 Å². The minimum absolute atomic E-state index is 0.0654. The van der Waals surface area contributed by atoms with Crippen molar-refractivity contribution in [1.29, 1.82) is 0 Å². The molecule has 1 saturated carbocycles. The first-order valence-electron chi connectivity index (χ1n) is 7.07. The lowest BCUT2D eigenvalue weighted by Gasteiger charge is -2.20. The Labute approximate surface area is 122 Å². The highest BCUT2D eigenvalue weighted by atomic mass is 19.1. The van der Waals surface area contributed by atoms with E-state index in [0.29, 0.717) is 5.92 Å². The lowest BCUT2D eigenvalue weighted by molar-refractivity contribution is 0.0692. The molecule has 21 heavy (non-hydrogen) atoms. The number of carboxylic acid groups (broad SMARTS) is 1. The van der Waals surface area contributed by atoms with Crippen molar-refractivity contribution in [2.24, 2.45) is 5.92 Å². The normalized spacial score (nSPS) is 16.5. The largest absolute Gasteiger partial charge is 0.478 e. The fourth-order valence-electron chi connectivity index (χ4n) is 2.72. The van der Waals surface area contributed by atoms with Crippen molar-refractivity contribution < 1.29 is 19.1 Å². The van der Waals surface area contributed by atoms with E-state index in [2.05, 4.69) is 10.6 Å². The maximum Gasteiger partial charge on any atom is 0.338 e. The molecule has 114 valence electrons. The number of carboxylic acids is 1. The van der Waals surface area contributed by atoms with E-state index >= 15 is 0 Å². The first kappa shape index (κ1) is 15.3. The van der Waals surface area contributed by atoms with Crippen LogP contribution in [0, 0.1) is 11.7 Å². The molecule has 0 saturated heterocycles. The molecule has 5 nitrogen and oxygen atoms in total. The summed E-state index contributed by atoms with van der Waals surface area (Å²) in [5, 5.41) is 14.1. The van der Waals surface area contributed by atoms with Gasteiger partial charge in [0.15, 0.2) is 0 Å². The van der Waals surface area contributed by atoms with Crippen LogP contribution in [-0.4, -0.2) is 23.1 Å². The monoisotopic (exact) mass is 294 g/mol. The predicted octanol–water partition coefficient (Wildman–Crippen LogP) is 3.22. The predicted molar refractivity (Wildman–Crippen MR) is 76.9 cm³/mol. The molecule has 2 rings (SSSR count). The number of rotatable bonds is 4. The van der Waals surface area contributed by atoms with Crippen molar-refractivity contribution in [3.8, 4) is 0 Å². The number of halogens is 1. The number of aromatic carboxylic acids is 1. The quantitative estimate of drug-likeness (QED) is 0.797.